The van der Waals surface area contributed by atoms with E-state index in [2.05, 4.69) is 10.2 Å². The number of likely N-dealkylation sites (N-methyl/N-ethyl adjacent to an activating group) is 1. The third-order valence-electron chi connectivity index (χ3n) is 3.59. The number of hydrogen-bond donors (Lipinski definition) is 1. The molecule has 1 aliphatic rings. The van der Waals surface area contributed by atoms with Crippen molar-refractivity contribution in [2.24, 2.45) is 0 Å². The van der Waals surface area contributed by atoms with Crippen molar-refractivity contribution in [1.29, 1.82) is 0 Å². The molecule has 0 amide bonds. The molecule has 0 aliphatic heterocycles. The van der Waals surface area contributed by atoms with Crippen LogP contribution in [0, 0.1) is 0 Å². The van der Waals surface area contributed by atoms with E-state index in [1.807, 2.05) is 42.3 Å². The predicted octanol–water partition coefficient (Wildman–Crippen LogP) is 2.43. The first-order valence-corrected chi connectivity index (χ1v) is 8.38. The van der Waals surface area contributed by atoms with Crippen molar-refractivity contribution in [2.45, 2.75) is 31.5 Å². The lowest BCUT2D eigenvalue weighted by molar-refractivity contribution is 0.0324. The highest BCUT2D eigenvalue weighted by Gasteiger charge is 2.28. The van der Waals surface area contributed by atoms with Gasteiger partial charge in [-0.1, -0.05) is 41.7 Å². The van der Waals surface area contributed by atoms with Crippen molar-refractivity contribution < 1.29 is 9.84 Å². The van der Waals surface area contributed by atoms with E-state index >= 15 is 0 Å². The van der Waals surface area contributed by atoms with Gasteiger partial charge in [0, 0.05) is 19.5 Å². The number of ether oxygens (including phenoxy) is 1. The molecule has 2 aromatic rings. The minimum absolute atomic E-state index is 0.313. The lowest BCUT2D eigenvalue weighted by atomic mass is 10.2. The van der Waals surface area contributed by atoms with Crippen LogP contribution in [0.4, 0.5) is 5.13 Å². The fourth-order valence-electron chi connectivity index (χ4n) is 2.21. The Labute approximate surface area is 134 Å². The molecule has 1 fully saturated rings. The van der Waals surface area contributed by atoms with Gasteiger partial charge in [0.25, 0.3) is 0 Å². The highest BCUT2D eigenvalue weighted by Crippen LogP contribution is 2.42. The molecule has 0 radical (unpaired) electrons. The highest BCUT2D eigenvalue weighted by atomic mass is 32.1. The summed E-state index contributed by atoms with van der Waals surface area (Å²) in [5, 5.41) is 20.5. The molecule has 1 N–H and O–H groups in total. The molecule has 1 heterocycles. The van der Waals surface area contributed by atoms with Gasteiger partial charge in [-0.05, 0) is 18.4 Å². The first kappa shape index (κ1) is 15.4. The average Bonchev–Trinajstić information content (AvgIpc) is 3.25. The van der Waals surface area contributed by atoms with Crippen LogP contribution in [0.1, 0.15) is 29.3 Å². The molecule has 6 heteroatoms. The molecule has 1 unspecified atom stereocenters. The van der Waals surface area contributed by atoms with Gasteiger partial charge in [0.1, 0.15) is 5.01 Å². The largest absolute Gasteiger partial charge is 0.389 e. The van der Waals surface area contributed by atoms with Gasteiger partial charge in [-0.25, -0.2) is 0 Å². The molecule has 22 heavy (non-hydrogen) atoms. The third kappa shape index (κ3) is 4.25. The molecule has 0 spiro atoms. The number of aliphatic hydroxyl groups excluding tert-OH is 1. The van der Waals surface area contributed by atoms with Crippen LogP contribution >= 0.6 is 11.3 Å². The summed E-state index contributed by atoms with van der Waals surface area (Å²) in [5.74, 6) is 0.624. The summed E-state index contributed by atoms with van der Waals surface area (Å²) in [6.45, 7) is 1.33. The maximum absolute atomic E-state index is 10.1. The Bertz CT molecular complexity index is 586. The van der Waals surface area contributed by atoms with E-state index in [0.717, 1.165) is 15.7 Å². The monoisotopic (exact) mass is 319 g/mol. The zero-order valence-electron chi connectivity index (χ0n) is 12.7. The van der Waals surface area contributed by atoms with Crippen molar-refractivity contribution in [3.05, 3.63) is 40.9 Å². The molecule has 1 atom stereocenters. The van der Waals surface area contributed by atoms with Crippen LogP contribution < -0.4 is 4.90 Å². The number of anilines is 1. The van der Waals surface area contributed by atoms with Crippen molar-refractivity contribution in [3.63, 3.8) is 0 Å². The van der Waals surface area contributed by atoms with Gasteiger partial charge in [-0.2, -0.15) is 0 Å². The van der Waals surface area contributed by atoms with Gasteiger partial charge in [0.15, 0.2) is 0 Å². The van der Waals surface area contributed by atoms with E-state index in [-0.39, 0.29) is 0 Å². The Morgan fingerprint density at radius 3 is 2.82 bits per heavy atom. The molecular formula is C16H21N3O2S. The summed E-state index contributed by atoms with van der Waals surface area (Å²) in [6.07, 6.45) is 1.92. The zero-order chi connectivity index (χ0) is 15.4. The molecule has 0 saturated heterocycles. The molecule has 5 nitrogen and oxygen atoms in total. The fraction of sp³-hybridized carbons (Fsp3) is 0.500. The number of aromatic nitrogens is 2. The van der Waals surface area contributed by atoms with Crippen molar-refractivity contribution in [2.75, 3.05) is 25.1 Å². The second-order valence-electron chi connectivity index (χ2n) is 5.73. The molecule has 118 valence electrons. The third-order valence-corrected chi connectivity index (χ3v) is 4.79. The smallest absolute Gasteiger partial charge is 0.208 e. The van der Waals surface area contributed by atoms with E-state index in [1.165, 1.54) is 12.8 Å². The summed E-state index contributed by atoms with van der Waals surface area (Å²) in [6, 6.07) is 9.97. The van der Waals surface area contributed by atoms with Crippen LogP contribution in [0.2, 0.25) is 0 Å². The van der Waals surface area contributed by atoms with E-state index in [9.17, 15) is 5.11 Å². The summed E-state index contributed by atoms with van der Waals surface area (Å²) in [5.41, 5.74) is 1.11. The molecule has 0 bridgehead atoms. The van der Waals surface area contributed by atoms with Crippen molar-refractivity contribution >= 4 is 16.5 Å². The van der Waals surface area contributed by atoms with Gasteiger partial charge < -0.3 is 14.7 Å². The van der Waals surface area contributed by atoms with E-state index < -0.39 is 6.10 Å². The van der Waals surface area contributed by atoms with Gasteiger partial charge in [0.2, 0.25) is 5.13 Å². The summed E-state index contributed by atoms with van der Waals surface area (Å²) in [7, 11) is 1.93. The molecule has 3 rings (SSSR count). The van der Waals surface area contributed by atoms with Gasteiger partial charge in [0.05, 0.1) is 19.3 Å². The lowest BCUT2D eigenvalue weighted by Gasteiger charge is -2.19. The highest BCUT2D eigenvalue weighted by molar-refractivity contribution is 7.15. The summed E-state index contributed by atoms with van der Waals surface area (Å²) >= 11 is 1.63. The van der Waals surface area contributed by atoms with Crippen molar-refractivity contribution in [1.82, 2.24) is 10.2 Å². The van der Waals surface area contributed by atoms with Crippen LogP contribution in [-0.2, 0) is 11.3 Å². The Balaban J connectivity index is 1.41. The number of aliphatic hydroxyl groups is 1. The van der Waals surface area contributed by atoms with Crippen LogP contribution in [0.15, 0.2) is 30.3 Å². The van der Waals surface area contributed by atoms with Gasteiger partial charge in [-0.15, -0.1) is 10.2 Å². The molecule has 1 aromatic heterocycles. The first-order chi connectivity index (χ1) is 10.7. The molecule has 1 aromatic carbocycles. The quantitative estimate of drug-likeness (QED) is 0.810. The van der Waals surface area contributed by atoms with E-state index in [0.29, 0.717) is 25.7 Å². The molecule has 1 saturated carbocycles. The normalized spacial score (nSPS) is 15.7. The van der Waals surface area contributed by atoms with E-state index in [1.54, 1.807) is 11.3 Å². The van der Waals surface area contributed by atoms with E-state index in [4.69, 9.17) is 4.74 Å². The molecular weight excluding hydrogens is 298 g/mol. The molecule has 1 aliphatic carbocycles. The van der Waals surface area contributed by atoms with Crippen LogP contribution in [0.25, 0.3) is 0 Å². The Morgan fingerprint density at radius 2 is 2.09 bits per heavy atom. The number of benzene rings is 1. The maximum atomic E-state index is 10.1. The maximum Gasteiger partial charge on any atom is 0.208 e. The Kier molecular flexibility index (Phi) is 5.02. The minimum Gasteiger partial charge on any atom is -0.389 e. The SMILES string of the molecule is CN(CC(O)COCc1ccccc1)c1nnc(C2CC2)s1. The van der Waals surface area contributed by atoms with Crippen molar-refractivity contribution in [3.8, 4) is 0 Å². The van der Waals surface area contributed by atoms with Crippen LogP contribution in [0.3, 0.4) is 0 Å². The first-order valence-electron chi connectivity index (χ1n) is 7.56. The standard InChI is InChI=1S/C16H21N3O2S/c1-19(16-18-17-15(22-16)13-7-8-13)9-14(20)11-21-10-12-5-3-2-4-6-12/h2-6,13-14,20H,7-11H2,1H3. The summed E-state index contributed by atoms with van der Waals surface area (Å²) < 4.78 is 5.56. The van der Waals surface area contributed by atoms with Gasteiger partial charge in [-0.3, -0.25) is 0 Å². The Morgan fingerprint density at radius 1 is 1.32 bits per heavy atom. The van der Waals surface area contributed by atoms with Crippen LogP contribution in [-0.4, -0.2) is 41.6 Å². The second-order valence-corrected chi connectivity index (χ2v) is 6.72. The second kappa shape index (κ2) is 7.17. The number of hydrogen-bond acceptors (Lipinski definition) is 6. The summed E-state index contributed by atoms with van der Waals surface area (Å²) in [4.78, 5) is 1.94. The predicted molar refractivity (Wildman–Crippen MR) is 87.3 cm³/mol. The number of rotatable bonds is 8. The van der Waals surface area contributed by atoms with Gasteiger partial charge >= 0.3 is 0 Å². The number of nitrogens with zero attached hydrogens (tertiary/aromatic N) is 3. The fourth-order valence-corrected chi connectivity index (χ4v) is 3.19. The lowest BCUT2D eigenvalue weighted by Crippen LogP contribution is -2.32. The minimum atomic E-state index is -0.540. The Hall–Kier alpha value is -1.50. The van der Waals surface area contributed by atoms with Crippen LogP contribution in [0.5, 0.6) is 0 Å². The zero-order valence-corrected chi connectivity index (χ0v) is 13.5. The topological polar surface area (TPSA) is 58.5 Å². The average molecular weight is 319 g/mol.